The van der Waals surface area contributed by atoms with Crippen LogP contribution < -0.4 is 0 Å². The lowest BCUT2D eigenvalue weighted by molar-refractivity contribution is 1.07. The third-order valence-corrected chi connectivity index (χ3v) is 26.1. The van der Waals surface area contributed by atoms with E-state index in [1.165, 1.54) is 108 Å². The highest BCUT2D eigenvalue weighted by atomic mass is 15.1. The molecule has 0 unspecified atom stereocenters. The number of rotatable bonds is 14. The summed E-state index contributed by atoms with van der Waals surface area (Å²) in [7, 11) is 0. The van der Waals surface area contributed by atoms with Crippen molar-refractivity contribution in [2.24, 2.45) is 0 Å². The molecule has 0 bridgehead atoms. The van der Waals surface area contributed by atoms with Crippen LogP contribution in [0.1, 0.15) is 0 Å². The Kier molecular flexibility index (Phi) is 21.9. The van der Waals surface area contributed by atoms with Crippen molar-refractivity contribution in [3.63, 3.8) is 0 Å². The first-order valence-corrected chi connectivity index (χ1v) is 46.5. The van der Waals surface area contributed by atoms with Crippen molar-refractivity contribution in [3.05, 3.63) is 504 Å². The molecular formula is C129H83N9. The minimum absolute atomic E-state index is 0.641. The molecule has 0 saturated heterocycles. The third-order valence-electron chi connectivity index (χ3n) is 26.1. The van der Waals surface area contributed by atoms with Gasteiger partial charge in [-0.25, -0.2) is 44.9 Å². The van der Waals surface area contributed by atoms with E-state index in [2.05, 4.69) is 443 Å². The molecule has 0 radical (unpaired) electrons. The number of aromatic nitrogens is 9. The summed E-state index contributed by atoms with van der Waals surface area (Å²) in [5.74, 6) is 5.83. The average molecular weight is 1760 g/mol. The van der Waals surface area contributed by atoms with Gasteiger partial charge in [-0.05, 0) is 189 Å². The van der Waals surface area contributed by atoms with Crippen molar-refractivity contribution in [3.8, 4) is 158 Å². The molecule has 26 rings (SSSR count). The number of hydrogen-bond acceptors (Lipinski definition) is 9. The standard InChI is InChI=1S/2C45H29N3.C39H25N3/c1-3-11-30(12-4-1)34-16-9-18-36(27-34)43-46-44(37-19-10-17-35(28-37)31-13-5-2-6-14-31)48-45(47-43)38-22-21-33-24-25-40-39-20-8-7-15-32(39)23-26-41(40)42(33)29-38;1-3-9-30(10-4-1)32-15-20-36(21-16-32)43-46-44(37-22-17-33(18-23-37)31-11-5-2-6-12-31)48-45(47-43)38-24-19-35-26-27-40-39-14-8-7-13-34(39)25-28-41(40)42(35)29-38;1-3-10-26(11-4-1)30-15-9-16-31(24-30)38-40-37(29-13-5-2-6-14-29)41-39(42-38)32-19-18-28-21-22-34-33-17-8-7-12-27(33)20-23-35(34)36(28)25-32/h2*1-29H;1-25H. The summed E-state index contributed by atoms with van der Waals surface area (Å²) in [4.78, 5) is 45.5. The number of nitrogens with zero attached hydrogens (tertiary/aromatic N) is 9. The van der Waals surface area contributed by atoms with E-state index in [1.807, 2.05) is 60.7 Å². The Labute approximate surface area is 797 Å². The first-order valence-electron chi connectivity index (χ1n) is 46.5. The van der Waals surface area contributed by atoms with Crippen LogP contribution in [0, 0.1) is 0 Å². The summed E-state index contributed by atoms with van der Waals surface area (Å²) in [6.07, 6.45) is 0. The fraction of sp³-hybridized carbons (Fsp3) is 0. The maximum atomic E-state index is 5.13. The highest BCUT2D eigenvalue weighted by molar-refractivity contribution is 6.20. The van der Waals surface area contributed by atoms with E-state index >= 15 is 0 Å². The van der Waals surface area contributed by atoms with E-state index in [1.54, 1.807) is 0 Å². The van der Waals surface area contributed by atoms with E-state index in [9.17, 15) is 0 Å². The topological polar surface area (TPSA) is 116 Å². The Hall–Kier alpha value is -18.6. The molecular weight excluding hydrogens is 1680 g/mol. The van der Waals surface area contributed by atoms with Gasteiger partial charge in [0.05, 0.1) is 0 Å². The van der Waals surface area contributed by atoms with Crippen molar-refractivity contribution in [1.82, 2.24) is 44.9 Å². The third kappa shape index (κ3) is 16.6. The Morgan fingerprint density at radius 2 is 0.232 bits per heavy atom. The van der Waals surface area contributed by atoms with Crippen LogP contribution in [0.5, 0.6) is 0 Å². The van der Waals surface area contributed by atoms with E-state index < -0.39 is 0 Å². The van der Waals surface area contributed by atoms with Crippen LogP contribution in [-0.2, 0) is 0 Å². The molecule has 0 saturated carbocycles. The van der Waals surface area contributed by atoms with Gasteiger partial charge in [0, 0.05) is 50.1 Å². The van der Waals surface area contributed by atoms with Gasteiger partial charge in [0.2, 0.25) is 0 Å². The molecule has 138 heavy (non-hydrogen) atoms. The van der Waals surface area contributed by atoms with Crippen LogP contribution in [-0.4, -0.2) is 44.9 Å². The highest BCUT2D eigenvalue weighted by Crippen LogP contribution is 2.42. The van der Waals surface area contributed by atoms with E-state index in [-0.39, 0.29) is 0 Å². The summed E-state index contributed by atoms with van der Waals surface area (Å²) < 4.78 is 0. The average Bonchev–Trinajstić information content (AvgIpc) is 0.759. The molecule has 9 heteroatoms. The fourth-order valence-electron chi connectivity index (χ4n) is 19.0. The van der Waals surface area contributed by atoms with Gasteiger partial charge in [-0.15, -0.1) is 0 Å². The normalized spacial score (nSPS) is 11.3. The van der Waals surface area contributed by atoms with Crippen molar-refractivity contribution in [2.75, 3.05) is 0 Å². The second kappa shape index (κ2) is 36.5. The van der Waals surface area contributed by atoms with Crippen LogP contribution >= 0.6 is 0 Å². The molecule has 0 aliphatic heterocycles. The Balaban J connectivity index is 0.000000113. The zero-order valence-electron chi connectivity index (χ0n) is 74.9. The van der Waals surface area contributed by atoms with Crippen LogP contribution in [0.3, 0.4) is 0 Å². The van der Waals surface area contributed by atoms with E-state index in [4.69, 9.17) is 44.9 Å². The van der Waals surface area contributed by atoms with Gasteiger partial charge in [-0.1, -0.05) is 467 Å². The molecule has 3 aromatic heterocycles. The minimum atomic E-state index is 0.641. The smallest absolute Gasteiger partial charge is 0.164 e. The zero-order chi connectivity index (χ0) is 91.6. The van der Waals surface area contributed by atoms with Crippen molar-refractivity contribution in [1.29, 1.82) is 0 Å². The molecule has 9 nitrogen and oxygen atoms in total. The van der Waals surface area contributed by atoms with Crippen molar-refractivity contribution in [2.45, 2.75) is 0 Å². The van der Waals surface area contributed by atoms with E-state index in [0.29, 0.717) is 52.4 Å². The predicted octanol–water partition coefficient (Wildman–Crippen LogP) is 33.3. The summed E-state index contributed by atoms with van der Waals surface area (Å²) >= 11 is 0. The highest BCUT2D eigenvalue weighted by Gasteiger charge is 2.21. The Bertz CT molecular complexity index is 8900. The second-order valence-corrected chi connectivity index (χ2v) is 34.7. The number of benzene rings is 23. The van der Waals surface area contributed by atoms with Gasteiger partial charge in [-0.2, -0.15) is 0 Å². The van der Waals surface area contributed by atoms with Gasteiger partial charge in [-0.3, -0.25) is 0 Å². The monoisotopic (exact) mass is 1760 g/mol. The maximum absolute atomic E-state index is 5.13. The summed E-state index contributed by atoms with van der Waals surface area (Å²) in [6.45, 7) is 0. The number of hydrogen-bond donors (Lipinski definition) is 0. The molecule has 0 N–H and O–H groups in total. The van der Waals surface area contributed by atoms with Crippen LogP contribution in [0.25, 0.3) is 255 Å². The first kappa shape index (κ1) is 82.6. The molecule has 644 valence electrons. The number of fused-ring (bicyclic) bond motifs is 15. The maximum Gasteiger partial charge on any atom is 0.164 e. The summed E-state index contributed by atoms with van der Waals surface area (Å²) in [5, 5.41) is 22.0. The molecule has 0 spiro atoms. The lowest BCUT2D eigenvalue weighted by Crippen LogP contribution is -2.00. The molecule has 26 aromatic rings. The Morgan fingerprint density at radius 3 is 0.493 bits per heavy atom. The molecule has 0 fully saturated rings. The molecule has 0 aliphatic rings. The largest absolute Gasteiger partial charge is 0.208 e. The SMILES string of the molecule is c1ccc(-c2ccc(-c3nc(-c4ccc(-c5ccccc5)cc4)nc(-c4ccc5ccc6c7ccccc7ccc6c5c4)n3)cc2)cc1.c1ccc(-c2cccc(-c3nc(-c4cccc(-c5ccccc5)c4)nc(-c4ccc5ccc6c7ccccc7ccc6c5c4)n3)c2)cc1.c1ccc(-c2cccc(-c3nc(-c4ccccc4)nc(-c4ccc5ccc6c7ccccc7ccc6c5c4)n3)c2)cc1. The lowest BCUT2D eigenvalue weighted by atomic mass is 9.96. The molecule has 3 heterocycles. The minimum Gasteiger partial charge on any atom is -0.208 e. The lowest BCUT2D eigenvalue weighted by Gasteiger charge is -2.12. The summed E-state index contributed by atoms with van der Waals surface area (Å²) in [5.41, 5.74) is 20.0. The van der Waals surface area contributed by atoms with Crippen molar-refractivity contribution >= 4 is 97.0 Å². The fourth-order valence-corrected chi connectivity index (χ4v) is 19.0. The van der Waals surface area contributed by atoms with Crippen molar-refractivity contribution < 1.29 is 0 Å². The van der Waals surface area contributed by atoms with Gasteiger partial charge in [0.15, 0.2) is 52.4 Å². The molecule has 0 amide bonds. The van der Waals surface area contributed by atoms with Gasteiger partial charge < -0.3 is 0 Å². The molecule has 23 aromatic carbocycles. The van der Waals surface area contributed by atoms with Gasteiger partial charge in [0.1, 0.15) is 0 Å². The first-order chi connectivity index (χ1) is 68.3. The quantitative estimate of drug-likeness (QED) is 0.0981. The van der Waals surface area contributed by atoms with E-state index in [0.717, 1.165) is 94.6 Å². The van der Waals surface area contributed by atoms with Gasteiger partial charge >= 0.3 is 0 Å². The van der Waals surface area contributed by atoms with Crippen LogP contribution in [0.4, 0.5) is 0 Å². The molecule has 0 atom stereocenters. The zero-order valence-corrected chi connectivity index (χ0v) is 74.9. The van der Waals surface area contributed by atoms with Crippen LogP contribution in [0.2, 0.25) is 0 Å². The summed E-state index contributed by atoms with van der Waals surface area (Å²) in [6, 6.07) is 176. The van der Waals surface area contributed by atoms with Crippen LogP contribution in [0.15, 0.2) is 504 Å². The predicted molar refractivity (Wildman–Crippen MR) is 573 cm³/mol. The second-order valence-electron chi connectivity index (χ2n) is 34.7. The van der Waals surface area contributed by atoms with Gasteiger partial charge in [0.25, 0.3) is 0 Å². The molecule has 0 aliphatic carbocycles. The Morgan fingerprint density at radius 1 is 0.0797 bits per heavy atom.